The van der Waals surface area contributed by atoms with E-state index in [4.69, 9.17) is 9.47 Å². The first kappa shape index (κ1) is 22.9. The first-order chi connectivity index (χ1) is 15.1. The van der Waals surface area contributed by atoms with Crippen LogP contribution < -0.4 is 0 Å². The lowest BCUT2D eigenvalue weighted by atomic mass is 9.45. The van der Waals surface area contributed by atoms with E-state index < -0.39 is 0 Å². The monoisotopic (exact) mass is 442 g/mol. The third-order valence-corrected chi connectivity index (χ3v) is 11.1. The molecule has 3 saturated carbocycles. The topological polar surface area (TPSA) is 38.8 Å². The molecule has 3 nitrogen and oxygen atoms in total. The summed E-state index contributed by atoms with van der Waals surface area (Å²) >= 11 is 0. The Kier molecular flexibility index (Phi) is 5.44. The van der Waals surface area contributed by atoms with Crippen LogP contribution in [0.15, 0.2) is 11.6 Å². The summed E-state index contributed by atoms with van der Waals surface area (Å²) < 4.78 is 12.7. The standard InChI is InChI=1S/C29H46O3/c1-19(2)8-7-9-20(3)24-10-11-25-26(24,5)16-17-29-27(6)14-13-23(31-21(4)30)18-22(27)12-15-28(25,29)32-29/h11,19-20,22-24H,7-10,12-18H2,1-6H3/t20-,22+,23+,24-,26-,27+,28+,29+/m1/s1. The van der Waals surface area contributed by atoms with Crippen molar-refractivity contribution in [2.75, 3.05) is 0 Å². The van der Waals surface area contributed by atoms with Gasteiger partial charge in [0, 0.05) is 12.3 Å². The van der Waals surface area contributed by atoms with Gasteiger partial charge in [-0.1, -0.05) is 60.0 Å². The Morgan fingerprint density at radius 1 is 1.12 bits per heavy atom. The first-order valence-corrected chi connectivity index (χ1v) is 13.7. The van der Waals surface area contributed by atoms with Crippen LogP contribution in [0, 0.1) is 34.5 Å². The molecule has 0 aromatic heterocycles. The van der Waals surface area contributed by atoms with Crippen molar-refractivity contribution in [2.45, 2.75) is 129 Å². The van der Waals surface area contributed by atoms with Crippen molar-refractivity contribution in [3.8, 4) is 0 Å². The second kappa shape index (κ2) is 7.59. The van der Waals surface area contributed by atoms with Crippen molar-refractivity contribution in [3.63, 3.8) is 0 Å². The number of hydrogen-bond donors (Lipinski definition) is 0. The van der Waals surface area contributed by atoms with E-state index in [0.717, 1.165) is 37.0 Å². The van der Waals surface area contributed by atoms with Crippen LogP contribution in [0.25, 0.3) is 0 Å². The molecule has 0 bridgehead atoms. The van der Waals surface area contributed by atoms with Crippen LogP contribution in [0.5, 0.6) is 0 Å². The number of ether oxygens (including phenoxy) is 2. The van der Waals surface area contributed by atoms with Crippen molar-refractivity contribution in [2.24, 2.45) is 34.5 Å². The van der Waals surface area contributed by atoms with Gasteiger partial charge in [0.05, 0.1) is 0 Å². The van der Waals surface area contributed by atoms with Crippen LogP contribution >= 0.6 is 0 Å². The van der Waals surface area contributed by atoms with Crippen LogP contribution in [0.2, 0.25) is 0 Å². The molecule has 8 atom stereocenters. The van der Waals surface area contributed by atoms with Gasteiger partial charge in [0.25, 0.3) is 0 Å². The Morgan fingerprint density at radius 2 is 1.91 bits per heavy atom. The molecule has 180 valence electrons. The molecule has 0 spiro atoms. The summed E-state index contributed by atoms with van der Waals surface area (Å²) in [7, 11) is 0. The van der Waals surface area contributed by atoms with Gasteiger partial charge >= 0.3 is 5.97 Å². The molecule has 0 N–H and O–H groups in total. The smallest absolute Gasteiger partial charge is 0.302 e. The molecule has 1 aliphatic heterocycles. The minimum atomic E-state index is -0.123. The molecule has 5 rings (SSSR count). The molecule has 0 radical (unpaired) electrons. The van der Waals surface area contributed by atoms with Gasteiger partial charge in [0.1, 0.15) is 17.3 Å². The average Bonchev–Trinajstić information content (AvgIpc) is 3.30. The maximum absolute atomic E-state index is 11.5. The third-order valence-electron chi connectivity index (χ3n) is 11.1. The third kappa shape index (κ3) is 3.05. The lowest BCUT2D eigenvalue weighted by molar-refractivity contribution is -0.153. The molecule has 32 heavy (non-hydrogen) atoms. The average molecular weight is 443 g/mol. The van der Waals surface area contributed by atoms with Crippen molar-refractivity contribution in [3.05, 3.63) is 11.6 Å². The highest BCUT2D eigenvalue weighted by atomic mass is 16.6. The molecule has 4 aliphatic carbocycles. The van der Waals surface area contributed by atoms with E-state index in [1.54, 1.807) is 12.5 Å². The van der Waals surface area contributed by atoms with Crippen molar-refractivity contribution >= 4 is 5.97 Å². The summed E-state index contributed by atoms with van der Waals surface area (Å²) in [4.78, 5) is 11.5. The number of epoxide rings is 1. The summed E-state index contributed by atoms with van der Waals surface area (Å²) in [6.45, 7) is 13.9. The van der Waals surface area contributed by atoms with Gasteiger partial charge in [0.15, 0.2) is 0 Å². The van der Waals surface area contributed by atoms with E-state index in [9.17, 15) is 4.79 Å². The number of rotatable bonds is 6. The highest BCUT2D eigenvalue weighted by Crippen LogP contribution is 2.80. The predicted octanol–water partition coefficient (Wildman–Crippen LogP) is 7.23. The number of carbonyl (C=O) groups excluding carboxylic acids is 1. The number of fused-ring (bicyclic) bond motifs is 2. The summed E-state index contributed by atoms with van der Waals surface area (Å²) in [5, 5.41) is 0. The van der Waals surface area contributed by atoms with Gasteiger partial charge in [0.2, 0.25) is 0 Å². The zero-order chi connectivity index (χ0) is 22.9. The van der Waals surface area contributed by atoms with Crippen LogP contribution in [0.3, 0.4) is 0 Å². The SMILES string of the molecule is CC(=O)O[C@H]1CC[C@@]2(C)[C@@H](CC[C@@]34O[C@]32CC[C@@]2(C)C4=CC[C@@H]2[C@H](C)CCCC(C)C)C1. The summed E-state index contributed by atoms with van der Waals surface area (Å²) in [6.07, 6.45) is 16.2. The number of hydrogen-bond acceptors (Lipinski definition) is 3. The van der Waals surface area contributed by atoms with E-state index in [1.165, 1.54) is 51.4 Å². The Labute approximate surface area is 196 Å². The second-order valence-electron chi connectivity index (χ2n) is 13.1. The van der Waals surface area contributed by atoms with Crippen LogP contribution in [-0.4, -0.2) is 23.3 Å². The Hall–Kier alpha value is -0.830. The molecule has 0 aromatic rings. The minimum absolute atomic E-state index is 0.0198. The summed E-state index contributed by atoms with van der Waals surface area (Å²) in [5.74, 6) is 2.89. The maximum atomic E-state index is 11.5. The van der Waals surface area contributed by atoms with Gasteiger partial charge in [-0.05, 0) is 86.0 Å². The van der Waals surface area contributed by atoms with Crippen molar-refractivity contribution in [1.29, 1.82) is 0 Å². The summed E-state index contributed by atoms with van der Waals surface area (Å²) in [6, 6.07) is 0. The zero-order valence-corrected chi connectivity index (χ0v) is 21.5. The van der Waals surface area contributed by atoms with Crippen LogP contribution in [-0.2, 0) is 14.3 Å². The maximum Gasteiger partial charge on any atom is 0.302 e. The zero-order valence-electron chi connectivity index (χ0n) is 21.5. The molecule has 3 heteroatoms. The van der Waals surface area contributed by atoms with Gasteiger partial charge in [-0.25, -0.2) is 0 Å². The van der Waals surface area contributed by atoms with E-state index in [-0.39, 0.29) is 28.7 Å². The molecule has 1 heterocycles. The van der Waals surface area contributed by atoms with Gasteiger partial charge < -0.3 is 9.47 Å². The van der Waals surface area contributed by atoms with E-state index in [1.807, 2.05) is 0 Å². The van der Waals surface area contributed by atoms with Crippen molar-refractivity contribution < 1.29 is 14.3 Å². The minimum Gasteiger partial charge on any atom is -0.463 e. The summed E-state index contributed by atoms with van der Waals surface area (Å²) in [5.41, 5.74) is 2.32. The van der Waals surface area contributed by atoms with Crippen molar-refractivity contribution in [1.82, 2.24) is 0 Å². The molecule has 0 amide bonds. The van der Waals surface area contributed by atoms with Gasteiger partial charge in [-0.3, -0.25) is 4.79 Å². The number of allylic oxidation sites excluding steroid dienone is 1. The molecular formula is C29H46O3. The molecule has 5 aliphatic rings. The Morgan fingerprint density at radius 3 is 2.62 bits per heavy atom. The fourth-order valence-corrected chi connectivity index (χ4v) is 9.33. The molecule has 1 saturated heterocycles. The van der Waals surface area contributed by atoms with E-state index in [2.05, 4.69) is 40.7 Å². The fraction of sp³-hybridized carbons (Fsp3) is 0.897. The first-order valence-electron chi connectivity index (χ1n) is 13.7. The molecule has 0 aromatic carbocycles. The van der Waals surface area contributed by atoms with Crippen LogP contribution in [0.1, 0.15) is 112 Å². The number of esters is 1. The van der Waals surface area contributed by atoms with Gasteiger partial charge in [-0.2, -0.15) is 0 Å². The lowest BCUT2D eigenvalue weighted by Gasteiger charge is -2.56. The van der Waals surface area contributed by atoms with Crippen LogP contribution in [0.4, 0.5) is 0 Å². The molecular weight excluding hydrogens is 396 g/mol. The lowest BCUT2D eigenvalue weighted by Crippen LogP contribution is -2.58. The normalized spacial score (nSPS) is 47.6. The Bertz CT molecular complexity index is 800. The fourth-order valence-electron chi connectivity index (χ4n) is 9.33. The second-order valence-corrected chi connectivity index (χ2v) is 13.1. The predicted molar refractivity (Wildman–Crippen MR) is 128 cm³/mol. The highest BCUT2D eigenvalue weighted by molar-refractivity contribution is 5.66. The Balaban J connectivity index is 1.33. The van der Waals surface area contributed by atoms with Gasteiger partial charge in [-0.15, -0.1) is 0 Å². The van der Waals surface area contributed by atoms with E-state index in [0.29, 0.717) is 11.3 Å². The highest BCUT2D eigenvalue weighted by Gasteiger charge is 2.84. The number of carbonyl (C=O) groups is 1. The molecule has 4 fully saturated rings. The largest absolute Gasteiger partial charge is 0.463 e. The quantitative estimate of drug-likeness (QED) is 0.247. The molecule has 0 unspecified atom stereocenters. The van der Waals surface area contributed by atoms with E-state index >= 15 is 0 Å².